The van der Waals surface area contributed by atoms with Crippen molar-refractivity contribution >= 4 is 21.5 Å². The molecule has 0 spiro atoms. The Labute approximate surface area is 136 Å². The normalized spacial score (nSPS) is 18.9. The van der Waals surface area contributed by atoms with Crippen LogP contribution in [-0.2, 0) is 19.5 Å². The number of anilines is 1. The van der Waals surface area contributed by atoms with Gasteiger partial charge in [-0.2, -0.15) is 0 Å². The minimum absolute atomic E-state index is 0.0325. The fourth-order valence-corrected chi connectivity index (χ4v) is 3.39. The van der Waals surface area contributed by atoms with Crippen LogP contribution in [-0.4, -0.2) is 53.7 Å². The number of methoxy groups -OCH3 is 1. The monoisotopic (exact) mass is 342 g/mol. The average molecular weight is 342 g/mol. The van der Waals surface area contributed by atoms with Crippen molar-refractivity contribution in [1.29, 1.82) is 0 Å². The minimum Gasteiger partial charge on any atom is -0.382 e. The first-order valence-corrected chi connectivity index (χ1v) is 8.97. The van der Waals surface area contributed by atoms with Gasteiger partial charge < -0.3 is 14.4 Å². The van der Waals surface area contributed by atoms with Gasteiger partial charge in [0.15, 0.2) is 5.78 Å². The Bertz CT molecular complexity index is 672. The number of morpholine rings is 1. The van der Waals surface area contributed by atoms with Crippen molar-refractivity contribution in [3.63, 3.8) is 0 Å². The van der Waals surface area contributed by atoms with Crippen LogP contribution in [0.15, 0.2) is 23.1 Å². The second-order valence-electron chi connectivity index (χ2n) is 5.40. The molecule has 0 radical (unpaired) electrons. The van der Waals surface area contributed by atoms with Gasteiger partial charge in [0, 0.05) is 32.2 Å². The fraction of sp³-hybridized carbons (Fsp3) is 0.533. The largest absolute Gasteiger partial charge is 0.382 e. The van der Waals surface area contributed by atoms with E-state index in [9.17, 15) is 13.2 Å². The highest BCUT2D eigenvalue weighted by Crippen LogP contribution is 2.28. The second-order valence-corrected chi connectivity index (χ2v) is 6.93. The first kappa shape index (κ1) is 17.9. The number of primary sulfonamides is 1. The van der Waals surface area contributed by atoms with Crippen molar-refractivity contribution in [2.24, 2.45) is 5.14 Å². The fourth-order valence-electron chi connectivity index (χ4n) is 2.61. The Kier molecular flexibility index (Phi) is 5.74. The molecule has 2 rings (SSSR count). The lowest BCUT2D eigenvalue weighted by Crippen LogP contribution is -2.45. The molecule has 2 N–H and O–H groups in total. The van der Waals surface area contributed by atoms with Gasteiger partial charge in [-0.05, 0) is 18.2 Å². The minimum atomic E-state index is -3.94. The van der Waals surface area contributed by atoms with Crippen molar-refractivity contribution in [2.75, 3.05) is 38.3 Å². The number of ketones is 1. The zero-order valence-corrected chi connectivity index (χ0v) is 14.1. The maximum atomic E-state index is 12.0. The molecule has 0 amide bonds. The number of sulfonamides is 1. The molecule has 1 heterocycles. The lowest BCUT2D eigenvalue weighted by atomic mass is 10.1. The Balaban J connectivity index is 2.39. The van der Waals surface area contributed by atoms with Crippen molar-refractivity contribution in [3.05, 3.63) is 23.8 Å². The molecule has 0 aliphatic carbocycles. The third-order valence-electron chi connectivity index (χ3n) is 3.74. The van der Waals surface area contributed by atoms with Crippen molar-refractivity contribution in [2.45, 2.75) is 24.3 Å². The maximum Gasteiger partial charge on any atom is 0.240 e. The topological polar surface area (TPSA) is 98.9 Å². The smallest absolute Gasteiger partial charge is 0.240 e. The molecule has 7 nitrogen and oxygen atoms in total. The standard InChI is InChI=1S/C15H22N2O5S/c1-3-14(18)11-4-5-13(15(8-11)23(16,19)20)17-6-7-22-12(9-17)10-21-2/h4-5,8,12H,3,6-7,9-10H2,1-2H3,(H2,16,19,20)/t12-/m0/s1. The summed E-state index contributed by atoms with van der Waals surface area (Å²) < 4.78 is 34.6. The number of nitrogens with zero attached hydrogens (tertiary/aromatic N) is 1. The summed E-state index contributed by atoms with van der Waals surface area (Å²) in [6.07, 6.45) is 0.163. The van der Waals surface area contributed by atoms with Gasteiger partial charge in [-0.15, -0.1) is 0 Å². The van der Waals surface area contributed by atoms with Gasteiger partial charge in [0.2, 0.25) is 10.0 Å². The summed E-state index contributed by atoms with van der Waals surface area (Å²) in [5.41, 5.74) is 0.839. The molecule has 0 saturated carbocycles. The molecule has 0 aromatic heterocycles. The average Bonchev–Trinajstić information content (AvgIpc) is 2.53. The Morgan fingerprint density at radius 3 is 2.83 bits per heavy atom. The highest BCUT2D eigenvalue weighted by atomic mass is 32.2. The molecule has 1 aromatic carbocycles. The Hall–Kier alpha value is -1.48. The van der Waals surface area contributed by atoms with E-state index < -0.39 is 10.0 Å². The number of hydrogen-bond acceptors (Lipinski definition) is 6. The van der Waals surface area contributed by atoms with E-state index in [0.717, 1.165) is 0 Å². The van der Waals surface area contributed by atoms with Crippen LogP contribution in [0.1, 0.15) is 23.7 Å². The zero-order chi connectivity index (χ0) is 17.0. The maximum absolute atomic E-state index is 12.0. The van der Waals surface area contributed by atoms with Gasteiger partial charge in [0.25, 0.3) is 0 Å². The molecule has 1 aliphatic heterocycles. The van der Waals surface area contributed by atoms with E-state index >= 15 is 0 Å². The van der Waals surface area contributed by atoms with Crippen LogP contribution in [0, 0.1) is 0 Å². The lowest BCUT2D eigenvalue weighted by molar-refractivity contribution is -0.0101. The molecule has 128 valence electrons. The van der Waals surface area contributed by atoms with Gasteiger partial charge in [-0.3, -0.25) is 4.79 Å². The zero-order valence-electron chi connectivity index (χ0n) is 13.3. The van der Waals surface area contributed by atoms with E-state index in [4.69, 9.17) is 14.6 Å². The molecular weight excluding hydrogens is 320 g/mol. The van der Waals surface area contributed by atoms with Crippen molar-refractivity contribution in [3.8, 4) is 0 Å². The van der Waals surface area contributed by atoms with E-state index in [1.165, 1.54) is 6.07 Å². The highest BCUT2D eigenvalue weighted by Gasteiger charge is 2.26. The van der Waals surface area contributed by atoms with Crippen molar-refractivity contribution < 1.29 is 22.7 Å². The van der Waals surface area contributed by atoms with Crippen LogP contribution >= 0.6 is 0 Å². The van der Waals surface area contributed by atoms with Gasteiger partial charge in [0.05, 0.1) is 25.0 Å². The number of benzene rings is 1. The number of carbonyl (C=O) groups is 1. The third-order valence-corrected chi connectivity index (χ3v) is 4.68. The summed E-state index contributed by atoms with van der Waals surface area (Å²) in [5, 5.41) is 5.35. The highest BCUT2D eigenvalue weighted by molar-refractivity contribution is 7.89. The predicted molar refractivity (Wildman–Crippen MR) is 86.3 cm³/mol. The third kappa shape index (κ3) is 4.29. The van der Waals surface area contributed by atoms with Gasteiger partial charge >= 0.3 is 0 Å². The van der Waals surface area contributed by atoms with Crippen LogP contribution in [0.5, 0.6) is 0 Å². The second kappa shape index (κ2) is 7.39. The summed E-state index contributed by atoms with van der Waals surface area (Å²) in [5.74, 6) is -0.124. The van der Waals surface area contributed by atoms with E-state index in [0.29, 0.717) is 44.0 Å². The molecular formula is C15H22N2O5S. The first-order valence-electron chi connectivity index (χ1n) is 7.42. The SMILES string of the molecule is CCC(=O)c1ccc(N2CCO[C@H](COC)C2)c(S(N)(=O)=O)c1. The molecule has 0 bridgehead atoms. The van der Waals surface area contributed by atoms with Crippen LogP contribution in [0.2, 0.25) is 0 Å². The van der Waals surface area contributed by atoms with Crippen LogP contribution in [0.3, 0.4) is 0 Å². The number of hydrogen-bond donors (Lipinski definition) is 1. The summed E-state index contributed by atoms with van der Waals surface area (Å²) in [4.78, 5) is 13.7. The van der Waals surface area contributed by atoms with Gasteiger partial charge in [0.1, 0.15) is 4.90 Å². The number of Topliss-reactive ketones (excluding diaryl/α,β-unsaturated/α-hetero) is 1. The number of nitrogens with two attached hydrogens (primary N) is 1. The summed E-state index contributed by atoms with van der Waals surface area (Å²) in [7, 11) is -2.36. The van der Waals surface area contributed by atoms with Crippen LogP contribution in [0.4, 0.5) is 5.69 Å². The van der Waals surface area contributed by atoms with E-state index in [1.807, 2.05) is 4.90 Å². The molecule has 0 unspecified atom stereocenters. The Morgan fingerprint density at radius 2 is 2.22 bits per heavy atom. The van der Waals surface area contributed by atoms with Gasteiger partial charge in [-0.1, -0.05) is 6.92 Å². The van der Waals surface area contributed by atoms with Crippen LogP contribution < -0.4 is 10.0 Å². The van der Waals surface area contributed by atoms with E-state index in [1.54, 1.807) is 26.2 Å². The lowest BCUT2D eigenvalue weighted by Gasteiger charge is -2.35. The number of ether oxygens (including phenoxy) is 2. The van der Waals surface area contributed by atoms with E-state index in [2.05, 4.69) is 0 Å². The van der Waals surface area contributed by atoms with Crippen molar-refractivity contribution in [1.82, 2.24) is 0 Å². The molecule has 8 heteroatoms. The summed E-state index contributed by atoms with van der Waals surface area (Å²) in [6.45, 7) is 3.66. The summed E-state index contributed by atoms with van der Waals surface area (Å²) in [6, 6.07) is 4.63. The molecule has 1 atom stereocenters. The summed E-state index contributed by atoms with van der Waals surface area (Å²) >= 11 is 0. The Morgan fingerprint density at radius 1 is 1.48 bits per heavy atom. The molecule has 1 fully saturated rings. The predicted octanol–water partition coefficient (Wildman–Crippen LogP) is 0.778. The first-order chi connectivity index (χ1) is 10.9. The van der Waals surface area contributed by atoms with E-state index in [-0.39, 0.29) is 16.8 Å². The van der Waals surface area contributed by atoms with Gasteiger partial charge in [-0.25, -0.2) is 13.6 Å². The quantitative estimate of drug-likeness (QED) is 0.767. The number of rotatable bonds is 6. The number of carbonyl (C=O) groups excluding carboxylic acids is 1. The molecule has 23 heavy (non-hydrogen) atoms. The van der Waals surface area contributed by atoms with Crippen LogP contribution in [0.25, 0.3) is 0 Å². The molecule has 1 aliphatic rings. The molecule has 1 saturated heterocycles. The molecule has 1 aromatic rings.